The minimum Gasteiger partial charge on any atom is -0.393 e. The number of aliphatic hydroxyl groups excluding tert-OH is 1. The van der Waals surface area contributed by atoms with Crippen molar-refractivity contribution in [2.24, 2.45) is 11.8 Å². The summed E-state index contributed by atoms with van der Waals surface area (Å²) >= 11 is 0. The number of hydrogen-bond donors (Lipinski definition) is 2. The molecule has 3 unspecified atom stereocenters. The van der Waals surface area contributed by atoms with Crippen LogP contribution in [0.25, 0.3) is 0 Å². The van der Waals surface area contributed by atoms with E-state index in [1.54, 1.807) is 7.05 Å². The zero-order valence-electron chi connectivity index (χ0n) is 10.7. The van der Waals surface area contributed by atoms with E-state index < -0.39 is 11.6 Å². The summed E-state index contributed by atoms with van der Waals surface area (Å²) in [6, 6.07) is 0.860. The van der Waals surface area contributed by atoms with E-state index in [-0.39, 0.29) is 23.7 Å². The number of halogens is 2. The van der Waals surface area contributed by atoms with Crippen LogP contribution < -0.4 is 10.2 Å². The highest BCUT2D eigenvalue weighted by Crippen LogP contribution is 2.40. The third kappa shape index (κ3) is 2.04. The molecule has 1 saturated heterocycles. The first-order valence-electron chi connectivity index (χ1n) is 6.57. The molecule has 1 saturated carbocycles. The predicted octanol–water partition coefficient (Wildman–Crippen LogP) is 1.61. The molecule has 0 radical (unpaired) electrons. The fraction of sp³-hybridized carbons (Fsp3) is 0.615. The molecule has 1 aliphatic heterocycles. The van der Waals surface area contributed by atoms with Gasteiger partial charge in [0, 0.05) is 32.1 Å². The number of fused-ring (bicyclic) bond motifs is 1. The van der Waals surface area contributed by atoms with E-state index in [2.05, 4.69) is 10.3 Å². The first-order valence-corrected chi connectivity index (χ1v) is 6.57. The molecule has 1 aromatic rings. The maximum Gasteiger partial charge on any atom is 0.168 e. The number of nitrogens with one attached hydrogen (secondary N) is 1. The lowest BCUT2D eigenvalue weighted by Crippen LogP contribution is -2.26. The van der Waals surface area contributed by atoms with Gasteiger partial charge in [0.25, 0.3) is 0 Å². The van der Waals surface area contributed by atoms with Crippen LogP contribution in [0.2, 0.25) is 0 Å². The van der Waals surface area contributed by atoms with Gasteiger partial charge in [-0.25, -0.2) is 13.8 Å². The Bertz CT molecular complexity index is 497. The molecular weight excluding hydrogens is 252 g/mol. The summed E-state index contributed by atoms with van der Waals surface area (Å²) in [5.74, 6) is -0.543. The van der Waals surface area contributed by atoms with Gasteiger partial charge in [0.15, 0.2) is 23.3 Å². The Balaban J connectivity index is 1.87. The highest BCUT2D eigenvalue weighted by Gasteiger charge is 2.42. The first-order chi connectivity index (χ1) is 9.10. The molecule has 1 aliphatic carbocycles. The van der Waals surface area contributed by atoms with Crippen LogP contribution in [0.4, 0.5) is 20.4 Å². The topological polar surface area (TPSA) is 48.4 Å². The molecule has 2 aliphatic rings. The normalized spacial score (nSPS) is 29.7. The van der Waals surface area contributed by atoms with Gasteiger partial charge in [-0.2, -0.15) is 0 Å². The van der Waals surface area contributed by atoms with Crippen LogP contribution in [-0.2, 0) is 0 Å². The summed E-state index contributed by atoms with van der Waals surface area (Å²) in [4.78, 5) is 5.82. The maximum absolute atomic E-state index is 13.9. The summed E-state index contributed by atoms with van der Waals surface area (Å²) in [5, 5.41) is 12.5. The van der Waals surface area contributed by atoms with Crippen molar-refractivity contribution < 1.29 is 13.9 Å². The Labute approximate surface area is 110 Å². The van der Waals surface area contributed by atoms with Crippen LogP contribution in [0.1, 0.15) is 12.8 Å². The Kier molecular flexibility index (Phi) is 3.05. The summed E-state index contributed by atoms with van der Waals surface area (Å²) in [6.07, 6.45) is 1.48. The van der Waals surface area contributed by atoms with Crippen LogP contribution in [0, 0.1) is 23.5 Å². The molecule has 0 spiro atoms. The SMILES string of the molecule is CNc1nc(N2CC3CCC(O)C3C2)c(F)cc1F. The molecule has 2 heterocycles. The number of pyridine rings is 1. The summed E-state index contributed by atoms with van der Waals surface area (Å²) in [6.45, 7) is 1.27. The van der Waals surface area contributed by atoms with Crippen LogP contribution in [0.15, 0.2) is 6.07 Å². The van der Waals surface area contributed by atoms with Crippen molar-refractivity contribution >= 4 is 11.6 Å². The smallest absolute Gasteiger partial charge is 0.168 e. The van der Waals surface area contributed by atoms with E-state index in [0.29, 0.717) is 19.0 Å². The van der Waals surface area contributed by atoms with Crippen molar-refractivity contribution in [3.05, 3.63) is 17.7 Å². The number of aromatic nitrogens is 1. The highest BCUT2D eigenvalue weighted by atomic mass is 19.1. The number of rotatable bonds is 2. The molecule has 4 nitrogen and oxygen atoms in total. The van der Waals surface area contributed by atoms with Gasteiger partial charge < -0.3 is 15.3 Å². The summed E-state index contributed by atoms with van der Waals surface area (Å²) < 4.78 is 27.2. The fourth-order valence-corrected chi connectivity index (χ4v) is 3.26. The molecule has 3 atom stereocenters. The summed E-state index contributed by atoms with van der Waals surface area (Å²) in [5.41, 5.74) is 0. The van der Waals surface area contributed by atoms with E-state index >= 15 is 0 Å². The van der Waals surface area contributed by atoms with Crippen molar-refractivity contribution in [3.8, 4) is 0 Å². The molecule has 0 aromatic carbocycles. The lowest BCUT2D eigenvalue weighted by molar-refractivity contribution is 0.133. The first kappa shape index (κ1) is 12.6. The quantitative estimate of drug-likeness (QED) is 0.856. The third-order valence-electron chi connectivity index (χ3n) is 4.27. The zero-order chi connectivity index (χ0) is 13.6. The third-order valence-corrected chi connectivity index (χ3v) is 4.27. The monoisotopic (exact) mass is 269 g/mol. The van der Waals surface area contributed by atoms with Gasteiger partial charge in [-0.15, -0.1) is 0 Å². The Hall–Kier alpha value is -1.43. The van der Waals surface area contributed by atoms with Gasteiger partial charge >= 0.3 is 0 Å². The molecule has 6 heteroatoms. The highest BCUT2D eigenvalue weighted by molar-refractivity contribution is 5.50. The van der Waals surface area contributed by atoms with E-state index in [1.807, 2.05) is 4.90 Å². The van der Waals surface area contributed by atoms with E-state index in [1.165, 1.54) is 0 Å². The van der Waals surface area contributed by atoms with Gasteiger partial charge in [-0.3, -0.25) is 0 Å². The molecule has 19 heavy (non-hydrogen) atoms. The Morgan fingerprint density at radius 2 is 2.11 bits per heavy atom. The van der Waals surface area contributed by atoms with Crippen molar-refractivity contribution in [1.29, 1.82) is 0 Å². The largest absolute Gasteiger partial charge is 0.393 e. The average Bonchev–Trinajstić information content (AvgIpc) is 2.92. The number of anilines is 2. The van der Waals surface area contributed by atoms with Gasteiger partial charge in [-0.05, 0) is 18.8 Å². The number of nitrogens with zero attached hydrogens (tertiary/aromatic N) is 2. The second-order valence-electron chi connectivity index (χ2n) is 5.35. The van der Waals surface area contributed by atoms with Crippen LogP contribution >= 0.6 is 0 Å². The van der Waals surface area contributed by atoms with Crippen LogP contribution in [0.5, 0.6) is 0 Å². The van der Waals surface area contributed by atoms with E-state index in [4.69, 9.17) is 0 Å². The lowest BCUT2D eigenvalue weighted by Gasteiger charge is -2.20. The number of hydrogen-bond acceptors (Lipinski definition) is 4. The van der Waals surface area contributed by atoms with E-state index in [0.717, 1.165) is 18.9 Å². The summed E-state index contributed by atoms with van der Waals surface area (Å²) in [7, 11) is 1.55. The van der Waals surface area contributed by atoms with Crippen molar-refractivity contribution in [1.82, 2.24) is 4.98 Å². The minimum atomic E-state index is -0.692. The number of aliphatic hydroxyl groups is 1. The Morgan fingerprint density at radius 1 is 1.32 bits per heavy atom. The second-order valence-corrected chi connectivity index (χ2v) is 5.35. The molecule has 0 bridgehead atoms. The average molecular weight is 269 g/mol. The molecule has 3 rings (SSSR count). The van der Waals surface area contributed by atoms with Gasteiger partial charge in [0.05, 0.1) is 6.10 Å². The second kappa shape index (κ2) is 4.59. The lowest BCUT2D eigenvalue weighted by atomic mass is 10.00. The zero-order valence-corrected chi connectivity index (χ0v) is 10.7. The van der Waals surface area contributed by atoms with Crippen molar-refractivity contribution in [2.75, 3.05) is 30.4 Å². The van der Waals surface area contributed by atoms with Gasteiger partial charge in [0.1, 0.15) is 0 Å². The Morgan fingerprint density at radius 3 is 2.79 bits per heavy atom. The molecular formula is C13H17F2N3O. The standard InChI is InChI=1S/C13H17F2N3O/c1-16-12-9(14)4-10(15)13(17-12)18-5-7-2-3-11(19)8(7)6-18/h4,7-8,11,19H,2-3,5-6H2,1H3,(H,16,17). The van der Waals surface area contributed by atoms with Crippen molar-refractivity contribution in [2.45, 2.75) is 18.9 Å². The van der Waals surface area contributed by atoms with Crippen molar-refractivity contribution in [3.63, 3.8) is 0 Å². The van der Waals surface area contributed by atoms with Gasteiger partial charge in [-0.1, -0.05) is 0 Å². The predicted molar refractivity (Wildman–Crippen MR) is 68.1 cm³/mol. The molecule has 104 valence electrons. The molecule has 1 aromatic heterocycles. The molecule has 2 N–H and O–H groups in total. The van der Waals surface area contributed by atoms with Crippen LogP contribution in [0.3, 0.4) is 0 Å². The minimum absolute atomic E-state index is 0.0500. The molecule has 2 fully saturated rings. The van der Waals surface area contributed by atoms with E-state index in [9.17, 15) is 13.9 Å². The maximum atomic E-state index is 13.9. The molecule has 0 amide bonds. The fourth-order valence-electron chi connectivity index (χ4n) is 3.26. The van der Waals surface area contributed by atoms with Crippen LogP contribution in [-0.4, -0.2) is 36.3 Å². The van der Waals surface area contributed by atoms with Gasteiger partial charge in [0.2, 0.25) is 0 Å².